The average molecular weight is 369 g/mol. The number of carbonyl (C=O) groups excluding carboxylic acids is 1. The molecule has 2 aromatic heterocycles. The van der Waals surface area contributed by atoms with Gasteiger partial charge in [0.1, 0.15) is 5.82 Å². The van der Waals surface area contributed by atoms with Gasteiger partial charge in [0.2, 0.25) is 0 Å². The van der Waals surface area contributed by atoms with Crippen LogP contribution in [0.5, 0.6) is 0 Å². The summed E-state index contributed by atoms with van der Waals surface area (Å²) in [5.74, 6) is 0.129. The van der Waals surface area contributed by atoms with Crippen LogP contribution in [0.1, 0.15) is 21.7 Å². The molecule has 0 aliphatic heterocycles. The van der Waals surface area contributed by atoms with E-state index in [1.54, 1.807) is 16.9 Å². The highest BCUT2D eigenvalue weighted by molar-refractivity contribution is 6.03. The Kier molecular flexibility index (Phi) is 4.68. The first kappa shape index (κ1) is 17.6. The molecule has 0 spiro atoms. The van der Waals surface area contributed by atoms with Crippen LogP contribution >= 0.6 is 0 Å². The van der Waals surface area contributed by atoms with E-state index in [-0.39, 0.29) is 11.6 Å². The van der Waals surface area contributed by atoms with Gasteiger partial charge in [-0.1, -0.05) is 53.2 Å². The lowest BCUT2D eigenvalue weighted by Crippen LogP contribution is -2.15. The monoisotopic (exact) mass is 369 g/mol. The molecule has 28 heavy (non-hydrogen) atoms. The number of aromatic nitrogens is 4. The SMILES string of the molecule is Cc1ccc(-n2nnc(C(=O)Nc3ccc(-c4ccccc4)cn3)c2C)cc1. The molecule has 4 rings (SSSR count). The molecule has 0 unspecified atom stereocenters. The van der Waals surface area contributed by atoms with E-state index in [4.69, 9.17) is 0 Å². The smallest absolute Gasteiger partial charge is 0.279 e. The van der Waals surface area contributed by atoms with E-state index in [2.05, 4.69) is 20.6 Å². The Hall–Kier alpha value is -3.80. The molecule has 0 bridgehead atoms. The second-order valence-corrected chi connectivity index (χ2v) is 6.52. The van der Waals surface area contributed by atoms with E-state index in [0.717, 1.165) is 22.4 Å². The summed E-state index contributed by atoms with van der Waals surface area (Å²) in [5.41, 5.74) is 5.02. The zero-order valence-corrected chi connectivity index (χ0v) is 15.6. The maximum absolute atomic E-state index is 12.6. The number of pyridine rings is 1. The van der Waals surface area contributed by atoms with Crippen LogP contribution in [0.2, 0.25) is 0 Å². The number of hydrogen-bond donors (Lipinski definition) is 1. The highest BCUT2D eigenvalue weighted by Crippen LogP contribution is 2.19. The summed E-state index contributed by atoms with van der Waals surface area (Å²) >= 11 is 0. The molecule has 6 heteroatoms. The van der Waals surface area contributed by atoms with Crippen LogP contribution in [-0.2, 0) is 0 Å². The number of carbonyl (C=O) groups is 1. The van der Waals surface area contributed by atoms with Crippen LogP contribution in [0, 0.1) is 13.8 Å². The van der Waals surface area contributed by atoms with E-state index in [1.165, 1.54) is 0 Å². The summed E-state index contributed by atoms with van der Waals surface area (Å²) in [6.45, 7) is 3.84. The quantitative estimate of drug-likeness (QED) is 0.585. The molecule has 2 heterocycles. The van der Waals surface area contributed by atoms with Crippen molar-refractivity contribution in [3.63, 3.8) is 0 Å². The van der Waals surface area contributed by atoms with Crippen LogP contribution in [-0.4, -0.2) is 25.9 Å². The van der Waals surface area contributed by atoms with Crippen LogP contribution in [0.15, 0.2) is 72.9 Å². The molecule has 6 nitrogen and oxygen atoms in total. The Morgan fingerprint density at radius 2 is 1.64 bits per heavy atom. The molecule has 4 aromatic rings. The molecule has 1 N–H and O–H groups in total. The summed E-state index contributed by atoms with van der Waals surface area (Å²) in [6, 6.07) is 21.5. The second-order valence-electron chi connectivity index (χ2n) is 6.52. The first-order valence-electron chi connectivity index (χ1n) is 8.94. The van der Waals surface area contributed by atoms with Crippen molar-refractivity contribution >= 4 is 11.7 Å². The number of nitrogens with zero attached hydrogens (tertiary/aromatic N) is 4. The molecule has 1 amide bonds. The van der Waals surface area contributed by atoms with Crippen molar-refractivity contribution in [2.75, 3.05) is 5.32 Å². The lowest BCUT2D eigenvalue weighted by molar-refractivity contribution is 0.102. The molecule has 0 aliphatic carbocycles. The number of aryl methyl sites for hydroxylation is 1. The van der Waals surface area contributed by atoms with Gasteiger partial charge >= 0.3 is 0 Å². The van der Waals surface area contributed by atoms with Gasteiger partial charge in [-0.25, -0.2) is 9.67 Å². The number of rotatable bonds is 4. The number of amides is 1. The number of benzene rings is 2. The summed E-state index contributed by atoms with van der Waals surface area (Å²) in [4.78, 5) is 17.0. The zero-order valence-electron chi connectivity index (χ0n) is 15.6. The lowest BCUT2D eigenvalue weighted by atomic mass is 10.1. The molecule has 0 radical (unpaired) electrons. The van der Waals surface area contributed by atoms with E-state index in [1.807, 2.05) is 74.5 Å². The number of anilines is 1. The largest absolute Gasteiger partial charge is 0.305 e. The topological polar surface area (TPSA) is 72.7 Å². The minimum atomic E-state index is -0.337. The van der Waals surface area contributed by atoms with E-state index in [0.29, 0.717) is 11.5 Å². The molecule has 0 atom stereocenters. The molecule has 0 saturated carbocycles. The molecule has 0 saturated heterocycles. The van der Waals surface area contributed by atoms with Gasteiger partial charge in [-0.05, 0) is 43.7 Å². The second kappa shape index (κ2) is 7.44. The van der Waals surface area contributed by atoms with Crippen molar-refractivity contribution in [3.05, 3.63) is 89.9 Å². The predicted molar refractivity (Wildman–Crippen MR) is 108 cm³/mol. The van der Waals surface area contributed by atoms with Gasteiger partial charge in [-0.3, -0.25) is 4.79 Å². The third-order valence-corrected chi connectivity index (χ3v) is 4.50. The molecular formula is C22H19N5O. The molecule has 0 fully saturated rings. The minimum Gasteiger partial charge on any atom is -0.305 e. The third-order valence-electron chi connectivity index (χ3n) is 4.50. The lowest BCUT2D eigenvalue weighted by Gasteiger charge is -2.06. The Morgan fingerprint density at radius 1 is 0.893 bits per heavy atom. The van der Waals surface area contributed by atoms with Crippen molar-refractivity contribution in [1.82, 2.24) is 20.0 Å². The maximum Gasteiger partial charge on any atom is 0.279 e. The third kappa shape index (κ3) is 3.53. The first-order chi connectivity index (χ1) is 13.6. The Labute approximate surface area is 162 Å². The predicted octanol–water partition coefficient (Wildman–Crippen LogP) is 4.20. The highest BCUT2D eigenvalue weighted by atomic mass is 16.2. The van der Waals surface area contributed by atoms with Crippen LogP contribution in [0.25, 0.3) is 16.8 Å². The van der Waals surface area contributed by atoms with Crippen LogP contribution < -0.4 is 5.32 Å². The van der Waals surface area contributed by atoms with Gasteiger partial charge in [-0.2, -0.15) is 0 Å². The van der Waals surface area contributed by atoms with Gasteiger partial charge in [-0.15, -0.1) is 5.10 Å². The van der Waals surface area contributed by atoms with Gasteiger partial charge in [0.05, 0.1) is 11.4 Å². The fourth-order valence-electron chi connectivity index (χ4n) is 2.91. The summed E-state index contributed by atoms with van der Waals surface area (Å²) in [6.07, 6.45) is 1.74. The first-order valence-corrected chi connectivity index (χ1v) is 8.94. The van der Waals surface area contributed by atoms with Gasteiger partial charge in [0.25, 0.3) is 5.91 Å². The van der Waals surface area contributed by atoms with Gasteiger partial charge < -0.3 is 5.32 Å². The van der Waals surface area contributed by atoms with Crippen molar-refractivity contribution in [2.45, 2.75) is 13.8 Å². The van der Waals surface area contributed by atoms with Crippen molar-refractivity contribution < 1.29 is 4.79 Å². The van der Waals surface area contributed by atoms with Gasteiger partial charge in [0.15, 0.2) is 5.69 Å². The van der Waals surface area contributed by atoms with Crippen molar-refractivity contribution in [1.29, 1.82) is 0 Å². The summed E-state index contributed by atoms with van der Waals surface area (Å²) in [7, 11) is 0. The Balaban J connectivity index is 1.52. The molecular weight excluding hydrogens is 350 g/mol. The van der Waals surface area contributed by atoms with Crippen molar-refractivity contribution in [2.24, 2.45) is 0 Å². The van der Waals surface area contributed by atoms with E-state index < -0.39 is 0 Å². The molecule has 0 aliphatic rings. The van der Waals surface area contributed by atoms with E-state index >= 15 is 0 Å². The van der Waals surface area contributed by atoms with Gasteiger partial charge in [0, 0.05) is 11.8 Å². The minimum absolute atomic E-state index is 0.273. The standard InChI is InChI=1S/C22H19N5O/c1-15-8-11-19(12-9-15)27-16(2)21(25-26-27)22(28)24-20-13-10-18(14-23-20)17-6-4-3-5-7-17/h3-14H,1-2H3,(H,23,24,28). The summed E-state index contributed by atoms with van der Waals surface area (Å²) < 4.78 is 1.65. The molecule has 2 aromatic carbocycles. The maximum atomic E-state index is 12.6. The molecule has 138 valence electrons. The van der Waals surface area contributed by atoms with E-state index in [9.17, 15) is 4.79 Å². The fourth-order valence-corrected chi connectivity index (χ4v) is 2.91. The zero-order chi connectivity index (χ0) is 19.5. The number of hydrogen-bond acceptors (Lipinski definition) is 4. The Bertz CT molecular complexity index is 1100. The van der Waals surface area contributed by atoms with Crippen LogP contribution in [0.4, 0.5) is 5.82 Å². The summed E-state index contributed by atoms with van der Waals surface area (Å²) in [5, 5.41) is 11.0. The Morgan fingerprint density at radius 3 is 2.32 bits per heavy atom. The number of nitrogens with one attached hydrogen (secondary N) is 1. The normalized spacial score (nSPS) is 10.6. The van der Waals surface area contributed by atoms with Crippen LogP contribution in [0.3, 0.4) is 0 Å². The average Bonchev–Trinajstić information content (AvgIpc) is 3.11. The fraction of sp³-hybridized carbons (Fsp3) is 0.0909. The highest BCUT2D eigenvalue weighted by Gasteiger charge is 2.18. The van der Waals surface area contributed by atoms with Crippen molar-refractivity contribution in [3.8, 4) is 16.8 Å².